The average Bonchev–Trinajstić information content (AvgIpc) is 3.39. The van der Waals surface area contributed by atoms with E-state index in [1.165, 1.54) is 101 Å². The fourth-order valence-corrected chi connectivity index (χ4v) is 11.7. The predicted molar refractivity (Wildman–Crippen MR) is 269 cm³/mol. The van der Waals surface area contributed by atoms with Gasteiger partial charge >= 0.3 is 0 Å². The van der Waals surface area contributed by atoms with Crippen LogP contribution in [-0.4, -0.2) is 52.9 Å². The number of hydrogen-bond donors (Lipinski definition) is 0. The Morgan fingerprint density at radius 3 is 1.06 bits per heavy atom. The van der Waals surface area contributed by atoms with Gasteiger partial charge in [-0.3, -0.25) is 0 Å². The van der Waals surface area contributed by atoms with Gasteiger partial charge in [0.2, 0.25) is 23.3 Å². The molecule has 0 radical (unpaired) electrons. The number of halogens is 4. The number of ether oxygens (including phenoxy) is 6. The fraction of sp³-hybridized carbons (Fsp3) is 0.729. The largest absolute Gasteiger partial charge is 0.490 e. The van der Waals surface area contributed by atoms with Crippen LogP contribution in [0.5, 0.6) is 23.0 Å². The van der Waals surface area contributed by atoms with Crippen LogP contribution in [0.2, 0.25) is 0 Å². The minimum Gasteiger partial charge on any atom is -0.490 e. The number of hydrogen-bond acceptors (Lipinski definition) is 6. The lowest BCUT2D eigenvalue weighted by Gasteiger charge is -2.37. The summed E-state index contributed by atoms with van der Waals surface area (Å²) in [7, 11) is 0. The SMILES string of the molecule is C=CC1CCC(C2CCC(COc3ccc(OCCCCCCOCC(CC)COCCCCCCOc4ccc(OCC5CCC(C6CCC(C=C)CC6)CC5)c(F)c4F)c(F)c3F)CC2)CC1. The van der Waals surface area contributed by atoms with E-state index in [1.54, 1.807) is 0 Å². The van der Waals surface area contributed by atoms with E-state index in [1.807, 2.05) is 0 Å². The fourth-order valence-electron chi connectivity index (χ4n) is 11.7. The van der Waals surface area contributed by atoms with Gasteiger partial charge in [0.15, 0.2) is 23.0 Å². The highest BCUT2D eigenvalue weighted by molar-refractivity contribution is 5.36. The first-order valence-electron chi connectivity index (χ1n) is 27.6. The van der Waals surface area contributed by atoms with Crippen LogP contribution >= 0.6 is 0 Å². The molecule has 4 aliphatic rings. The Kier molecular flexibility index (Phi) is 24.4. The lowest BCUT2D eigenvalue weighted by molar-refractivity contribution is 0.0353. The molecule has 0 bridgehead atoms. The van der Waals surface area contributed by atoms with Crippen LogP contribution in [0.15, 0.2) is 49.6 Å². The van der Waals surface area contributed by atoms with E-state index in [-0.39, 0.29) is 23.0 Å². The van der Waals surface area contributed by atoms with Crippen molar-refractivity contribution < 1.29 is 46.0 Å². The zero-order valence-electron chi connectivity index (χ0n) is 42.4. The van der Waals surface area contributed by atoms with Gasteiger partial charge in [0.25, 0.3) is 0 Å². The van der Waals surface area contributed by atoms with Gasteiger partial charge in [-0.25, -0.2) is 0 Å². The van der Waals surface area contributed by atoms with E-state index in [0.717, 1.165) is 107 Å². The molecule has 0 heterocycles. The molecule has 0 aliphatic heterocycles. The Balaban J connectivity index is 0.714. The van der Waals surface area contributed by atoms with Crippen molar-refractivity contribution in [2.45, 2.75) is 167 Å². The number of allylic oxidation sites excluding steroid dienone is 2. The molecule has 0 spiro atoms. The van der Waals surface area contributed by atoms with Crippen molar-refractivity contribution in [3.63, 3.8) is 0 Å². The molecule has 6 rings (SSSR count). The molecule has 0 unspecified atom stereocenters. The Morgan fingerprint density at radius 2 is 0.739 bits per heavy atom. The molecule has 0 saturated heterocycles. The molecule has 0 aromatic heterocycles. The van der Waals surface area contributed by atoms with Gasteiger partial charge in [-0.1, -0.05) is 31.9 Å². The summed E-state index contributed by atoms with van der Waals surface area (Å²) in [5, 5.41) is 0. The van der Waals surface area contributed by atoms with Crippen molar-refractivity contribution in [2.24, 2.45) is 53.3 Å². The Hall–Kier alpha value is -3.24. The molecule has 0 amide bonds. The molecular formula is C59H88F4O6. The van der Waals surface area contributed by atoms with Gasteiger partial charge in [-0.2, -0.15) is 17.6 Å². The predicted octanol–water partition coefficient (Wildman–Crippen LogP) is 16.2. The maximum Gasteiger partial charge on any atom is 0.204 e. The number of unbranched alkanes of at least 4 members (excludes halogenated alkanes) is 6. The molecule has 388 valence electrons. The van der Waals surface area contributed by atoms with Gasteiger partial charge in [0.05, 0.1) is 39.6 Å². The first-order valence-corrected chi connectivity index (χ1v) is 27.6. The molecule has 10 heteroatoms. The van der Waals surface area contributed by atoms with Crippen molar-refractivity contribution in [2.75, 3.05) is 52.9 Å². The van der Waals surface area contributed by atoms with Crippen LogP contribution in [0.4, 0.5) is 17.6 Å². The highest BCUT2D eigenvalue weighted by Gasteiger charge is 2.32. The first kappa shape index (κ1) is 55.1. The average molecular weight is 969 g/mol. The normalized spacial score (nSPS) is 25.7. The maximum atomic E-state index is 14.9. The summed E-state index contributed by atoms with van der Waals surface area (Å²) >= 11 is 0. The summed E-state index contributed by atoms with van der Waals surface area (Å²) in [6, 6.07) is 5.96. The minimum absolute atomic E-state index is 0.0329. The van der Waals surface area contributed by atoms with E-state index in [2.05, 4.69) is 32.2 Å². The first-order chi connectivity index (χ1) is 33.8. The Morgan fingerprint density at radius 1 is 0.435 bits per heavy atom. The summed E-state index contributed by atoms with van der Waals surface area (Å²) in [5.41, 5.74) is 0. The van der Waals surface area contributed by atoms with Gasteiger partial charge in [0, 0.05) is 19.1 Å². The van der Waals surface area contributed by atoms with Crippen molar-refractivity contribution in [1.82, 2.24) is 0 Å². The highest BCUT2D eigenvalue weighted by atomic mass is 19.2. The Bertz CT molecular complexity index is 1630. The second-order valence-electron chi connectivity index (χ2n) is 21.3. The summed E-state index contributed by atoms with van der Waals surface area (Å²) in [4.78, 5) is 0. The smallest absolute Gasteiger partial charge is 0.204 e. The van der Waals surface area contributed by atoms with Gasteiger partial charge < -0.3 is 28.4 Å². The van der Waals surface area contributed by atoms with Crippen molar-refractivity contribution in [1.29, 1.82) is 0 Å². The van der Waals surface area contributed by atoms with E-state index < -0.39 is 23.3 Å². The van der Waals surface area contributed by atoms with E-state index >= 15 is 0 Å². The van der Waals surface area contributed by atoms with Gasteiger partial charge in [0.1, 0.15) is 0 Å². The van der Waals surface area contributed by atoms with Crippen molar-refractivity contribution in [3.05, 3.63) is 72.8 Å². The van der Waals surface area contributed by atoms with Crippen molar-refractivity contribution >= 4 is 0 Å². The third-order valence-corrected chi connectivity index (χ3v) is 16.6. The van der Waals surface area contributed by atoms with Crippen LogP contribution in [0.3, 0.4) is 0 Å². The number of rotatable bonds is 31. The standard InChI is InChI=1S/C59H88F4O6/c1-4-43-15-23-48(24-16-43)50-27-19-46(20-28-50)41-68-54-33-31-52(56(60)58(54)62)66-37-13-9-7-11-35-64-39-45(6-3)40-65-36-12-8-10-14-38-67-53-32-34-55(59(63)57(53)61)69-42-47-21-29-51(30-22-47)49-25-17-44(5-2)18-26-49/h4-5,31-34,43-51H,1-2,6-30,35-42H2,3H3. The van der Waals surface area contributed by atoms with Crippen LogP contribution < -0.4 is 18.9 Å². The van der Waals surface area contributed by atoms with Crippen LogP contribution in [0.1, 0.15) is 167 Å². The molecule has 0 N–H and O–H groups in total. The van der Waals surface area contributed by atoms with Crippen LogP contribution in [0.25, 0.3) is 0 Å². The van der Waals surface area contributed by atoms with Gasteiger partial charge in [-0.15, -0.1) is 13.2 Å². The zero-order chi connectivity index (χ0) is 48.6. The summed E-state index contributed by atoms with van der Waals surface area (Å²) in [5.74, 6) is 1.61. The molecule has 4 fully saturated rings. The second-order valence-corrected chi connectivity index (χ2v) is 21.3. The molecule has 0 atom stereocenters. The monoisotopic (exact) mass is 969 g/mol. The Labute approximate surface area is 414 Å². The molecule has 69 heavy (non-hydrogen) atoms. The minimum atomic E-state index is -0.980. The number of benzene rings is 2. The second kappa shape index (κ2) is 30.6. The lowest BCUT2D eigenvalue weighted by Crippen LogP contribution is -2.27. The van der Waals surface area contributed by atoms with E-state index in [0.29, 0.717) is 82.4 Å². The topological polar surface area (TPSA) is 55.4 Å². The molecule has 6 nitrogen and oxygen atoms in total. The van der Waals surface area contributed by atoms with E-state index in [9.17, 15) is 17.6 Å². The van der Waals surface area contributed by atoms with Crippen LogP contribution in [-0.2, 0) is 9.47 Å². The third kappa shape index (κ3) is 18.1. The third-order valence-electron chi connectivity index (χ3n) is 16.6. The lowest BCUT2D eigenvalue weighted by atomic mass is 9.69. The van der Waals surface area contributed by atoms with Crippen LogP contribution in [0, 0.1) is 76.5 Å². The highest BCUT2D eigenvalue weighted by Crippen LogP contribution is 2.43. The van der Waals surface area contributed by atoms with E-state index in [4.69, 9.17) is 28.4 Å². The summed E-state index contributed by atoms with van der Waals surface area (Å²) in [6.07, 6.45) is 31.8. The maximum absolute atomic E-state index is 14.9. The molecule has 2 aromatic rings. The van der Waals surface area contributed by atoms with Crippen molar-refractivity contribution in [3.8, 4) is 23.0 Å². The zero-order valence-corrected chi connectivity index (χ0v) is 42.4. The summed E-state index contributed by atoms with van der Waals surface area (Å²) < 4.78 is 94.2. The molecule has 4 saturated carbocycles. The molecular weight excluding hydrogens is 881 g/mol. The molecule has 2 aromatic carbocycles. The van der Waals surface area contributed by atoms with Gasteiger partial charge in [-0.05, 0) is 219 Å². The quantitative estimate of drug-likeness (QED) is 0.0426. The molecule has 4 aliphatic carbocycles. The summed E-state index contributed by atoms with van der Waals surface area (Å²) in [6.45, 7) is 14.2.